The minimum Gasteiger partial charge on any atom is -0.497 e. The zero-order valence-electron chi connectivity index (χ0n) is 11.9. The summed E-state index contributed by atoms with van der Waals surface area (Å²) >= 11 is 0. The number of methoxy groups -OCH3 is 2. The Morgan fingerprint density at radius 1 is 1.14 bits per heavy atom. The van der Waals surface area contributed by atoms with Crippen LogP contribution in [0.25, 0.3) is 11.3 Å². The number of aromatic nitrogens is 1. The molecule has 0 aliphatic heterocycles. The van der Waals surface area contributed by atoms with Crippen LogP contribution in [0.5, 0.6) is 11.5 Å². The van der Waals surface area contributed by atoms with Crippen LogP contribution in [-0.2, 0) is 7.05 Å². The number of rotatable bonds is 4. The number of carbonyl (C=O) groups is 1. The molecule has 2 rings (SSSR count). The summed E-state index contributed by atoms with van der Waals surface area (Å²) in [7, 11) is 4.58. The van der Waals surface area contributed by atoms with Crippen molar-refractivity contribution < 1.29 is 19.4 Å². The van der Waals surface area contributed by atoms with Crippen molar-refractivity contribution in [3.8, 4) is 22.8 Å². The van der Waals surface area contributed by atoms with E-state index in [2.05, 4.69) is 0 Å². The van der Waals surface area contributed by atoms with Crippen LogP contribution < -0.4 is 15.0 Å². The first-order valence-electron chi connectivity index (χ1n) is 6.15. The monoisotopic (exact) mass is 289 g/mol. The van der Waals surface area contributed by atoms with E-state index >= 15 is 0 Å². The molecule has 110 valence electrons. The summed E-state index contributed by atoms with van der Waals surface area (Å²) in [6.45, 7) is 0. The Bertz CT molecular complexity index is 748. The highest BCUT2D eigenvalue weighted by molar-refractivity contribution is 5.87. The average molecular weight is 289 g/mol. The van der Waals surface area contributed by atoms with E-state index in [1.807, 2.05) is 0 Å². The molecule has 21 heavy (non-hydrogen) atoms. The molecule has 0 aliphatic carbocycles. The maximum atomic E-state index is 12.0. The van der Waals surface area contributed by atoms with E-state index in [-0.39, 0.29) is 5.56 Å². The summed E-state index contributed by atoms with van der Waals surface area (Å²) in [5, 5.41) is 8.97. The van der Waals surface area contributed by atoms with E-state index in [0.29, 0.717) is 22.8 Å². The quantitative estimate of drug-likeness (QED) is 0.928. The van der Waals surface area contributed by atoms with Crippen LogP contribution in [0.1, 0.15) is 10.4 Å². The van der Waals surface area contributed by atoms with Gasteiger partial charge in [-0.2, -0.15) is 0 Å². The third kappa shape index (κ3) is 2.60. The molecule has 6 heteroatoms. The molecule has 1 aromatic carbocycles. The largest absolute Gasteiger partial charge is 0.497 e. The maximum Gasteiger partial charge on any atom is 0.341 e. The third-order valence-electron chi connectivity index (χ3n) is 3.22. The van der Waals surface area contributed by atoms with Gasteiger partial charge in [-0.1, -0.05) is 0 Å². The van der Waals surface area contributed by atoms with Crippen LogP contribution in [0.15, 0.2) is 35.1 Å². The van der Waals surface area contributed by atoms with Gasteiger partial charge < -0.3 is 19.1 Å². The van der Waals surface area contributed by atoms with Crippen LogP contribution >= 0.6 is 0 Å². The Morgan fingerprint density at radius 2 is 1.86 bits per heavy atom. The zero-order chi connectivity index (χ0) is 15.6. The van der Waals surface area contributed by atoms with E-state index in [0.717, 1.165) is 0 Å². The molecule has 2 aromatic rings. The first-order valence-corrected chi connectivity index (χ1v) is 6.15. The Morgan fingerprint density at radius 3 is 2.43 bits per heavy atom. The molecule has 0 spiro atoms. The number of pyridine rings is 1. The Hall–Kier alpha value is -2.76. The fourth-order valence-corrected chi connectivity index (χ4v) is 2.08. The van der Waals surface area contributed by atoms with Crippen LogP contribution in [0, 0.1) is 0 Å². The molecule has 0 amide bonds. The molecule has 0 fully saturated rings. The second kappa shape index (κ2) is 5.70. The molecule has 0 atom stereocenters. The van der Waals surface area contributed by atoms with Gasteiger partial charge in [-0.3, -0.25) is 4.79 Å². The van der Waals surface area contributed by atoms with Gasteiger partial charge in [0.05, 0.1) is 19.9 Å². The third-order valence-corrected chi connectivity index (χ3v) is 3.22. The molecule has 0 aliphatic rings. The molecule has 0 radical (unpaired) electrons. The van der Waals surface area contributed by atoms with Crippen molar-refractivity contribution in [3.05, 3.63) is 46.2 Å². The van der Waals surface area contributed by atoms with Crippen molar-refractivity contribution >= 4 is 5.97 Å². The number of ether oxygens (including phenoxy) is 2. The van der Waals surface area contributed by atoms with Gasteiger partial charge in [0.1, 0.15) is 17.1 Å². The van der Waals surface area contributed by atoms with Crippen LogP contribution in [0.2, 0.25) is 0 Å². The Labute approximate surface area is 121 Å². The van der Waals surface area contributed by atoms with Crippen molar-refractivity contribution in [3.63, 3.8) is 0 Å². The van der Waals surface area contributed by atoms with E-state index in [4.69, 9.17) is 14.6 Å². The standard InChI is InChI=1S/C15H15NO5/c1-16-12(7-6-11(14(16)17)15(18)19)10-5-4-9(20-2)8-13(10)21-3/h4-8H,1-3H3,(H,18,19). The lowest BCUT2D eigenvalue weighted by atomic mass is 10.1. The lowest BCUT2D eigenvalue weighted by molar-refractivity contribution is 0.0694. The fraction of sp³-hybridized carbons (Fsp3) is 0.200. The van der Waals surface area contributed by atoms with Crippen molar-refractivity contribution in [2.24, 2.45) is 7.05 Å². The molecular weight excluding hydrogens is 274 g/mol. The van der Waals surface area contributed by atoms with Gasteiger partial charge in [0, 0.05) is 18.7 Å². The number of carboxylic acids is 1. The number of hydrogen-bond acceptors (Lipinski definition) is 4. The predicted molar refractivity (Wildman–Crippen MR) is 77.2 cm³/mol. The van der Waals surface area contributed by atoms with Crippen molar-refractivity contribution in [1.82, 2.24) is 4.57 Å². The number of hydrogen-bond donors (Lipinski definition) is 1. The summed E-state index contributed by atoms with van der Waals surface area (Å²) < 4.78 is 11.7. The summed E-state index contributed by atoms with van der Waals surface area (Å²) in [5.41, 5.74) is 0.394. The number of carboxylic acid groups (broad SMARTS) is 1. The number of nitrogens with zero attached hydrogens (tertiary/aromatic N) is 1. The molecule has 0 saturated carbocycles. The average Bonchev–Trinajstić information content (AvgIpc) is 2.49. The second-order valence-electron chi connectivity index (χ2n) is 4.37. The number of aromatic carboxylic acids is 1. The lowest BCUT2D eigenvalue weighted by Crippen LogP contribution is -2.25. The zero-order valence-corrected chi connectivity index (χ0v) is 11.9. The van der Waals surface area contributed by atoms with Gasteiger partial charge in [-0.25, -0.2) is 4.79 Å². The smallest absolute Gasteiger partial charge is 0.341 e. The van der Waals surface area contributed by atoms with Crippen LogP contribution in [-0.4, -0.2) is 29.9 Å². The van der Waals surface area contributed by atoms with Gasteiger partial charge in [0.25, 0.3) is 5.56 Å². The fourth-order valence-electron chi connectivity index (χ4n) is 2.08. The van der Waals surface area contributed by atoms with Gasteiger partial charge in [-0.05, 0) is 24.3 Å². The normalized spacial score (nSPS) is 10.2. The first-order chi connectivity index (χ1) is 9.99. The van der Waals surface area contributed by atoms with Crippen molar-refractivity contribution in [1.29, 1.82) is 0 Å². The lowest BCUT2D eigenvalue weighted by Gasteiger charge is -2.13. The highest BCUT2D eigenvalue weighted by Gasteiger charge is 2.15. The molecule has 0 bridgehead atoms. The van der Waals surface area contributed by atoms with Crippen molar-refractivity contribution in [2.45, 2.75) is 0 Å². The van der Waals surface area contributed by atoms with Crippen molar-refractivity contribution in [2.75, 3.05) is 14.2 Å². The molecule has 0 saturated heterocycles. The molecule has 1 N–H and O–H groups in total. The summed E-state index contributed by atoms with van der Waals surface area (Å²) in [6, 6.07) is 8.07. The Kier molecular flexibility index (Phi) is 3.98. The summed E-state index contributed by atoms with van der Waals surface area (Å²) in [4.78, 5) is 23.0. The van der Waals surface area contributed by atoms with Gasteiger partial charge in [-0.15, -0.1) is 0 Å². The van der Waals surface area contributed by atoms with Gasteiger partial charge in [0.15, 0.2) is 0 Å². The molecule has 0 unspecified atom stereocenters. The van der Waals surface area contributed by atoms with E-state index in [1.54, 1.807) is 31.4 Å². The topological polar surface area (TPSA) is 77.8 Å². The molecule has 1 aromatic heterocycles. The highest BCUT2D eigenvalue weighted by atomic mass is 16.5. The van der Waals surface area contributed by atoms with E-state index in [1.165, 1.54) is 24.8 Å². The summed E-state index contributed by atoms with van der Waals surface area (Å²) in [6.07, 6.45) is 0. The van der Waals surface area contributed by atoms with E-state index in [9.17, 15) is 9.59 Å². The predicted octanol–water partition coefficient (Wildman–Crippen LogP) is 1.77. The minimum absolute atomic E-state index is 0.270. The minimum atomic E-state index is -1.25. The molecule has 6 nitrogen and oxygen atoms in total. The van der Waals surface area contributed by atoms with E-state index < -0.39 is 11.5 Å². The molecule has 1 heterocycles. The van der Waals surface area contributed by atoms with Crippen LogP contribution in [0.4, 0.5) is 0 Å². The molecular formula is C15H15NO5. The van der Waals surface area contributed by atoms with Gasteiger partial charge in [0.2, 0.25) is 0 Å². The summed E-state index contributed by atoms with van der Waals surface area (Å²) in [5.74, 6) is -0.0842. The Balaban J connectivity index is 2.65. The number of benzene rings is 1. The second-order valence-corrected chi connectivity index (χ2v) is 4.37. The first kappa shape index (κ1) is 14.6. The highest BCUT2D eigenvalue weighted by Crippen LogP contribution is 2.32. The SMILES string of the molecule is COc1ccc(-c2ccc(C(=O)O)c(=O)n2C)c(OC)c1. The van der Waals surface area contributed by atoms with Crippen LogP contribution in [0.3, 0.4) is 0 Å². The van der Waals surface area contributed by atoms with Gasteiger partial charge >= 0.3 is 5.97 Å². The maximum absolute atomic E-state index is 12.0.